The van der Waals surface area contributed by atoms with Crippen LogP contribution in [0.15, 0.2) is 54.6 Å². The molecule has 1 aliphatic rings. The van der Waals surface area contributed by atoms with Gasteiger partial charge in [-0.1, -0.05) is 48.5 Å². The van der Waals surface area contributed by atoms with Crippen molar-refractivity contribution in [3.8, 4) is 0 Å². The number of ether oxygens (including phenoxy) is 1. The van der Waals surface area contributed by atoms with Crippen molar-refractivity contribution < 1.29 is 13.2 Å². The fourth-order valence-corrected chi connectivity index (χ4v) is 4.60. The van der Waals surface area contributed by atoms with Gasteiger partial charge in [-0.15, -0.1) is 0 Å². The van der Waals surface area contributed by atoms with Gasteiger partial charge in [0.1, 0.15) is 0 Å². The van der Waals surface area contributed by atoms with E-state index in [-0.39, 0.29) is 11.9 Å². The first kappa shape index (κ1) is 16.0. The molecule has 4 nitrogen and oxygen atoms in total. The minimum Gasteiger partial charge on any atom is -0.377 e. The molecule has 1 heterocycles. The number of benzene rings is 2. The van der Waals surface area contributed by atoms with Crippen LogP contribution in [-0.4, -0.2) is 27.8 Å². The Hall–Kier alpha value is -1.85. The molecule has 122 valence electrons. The fraction of sp³-hybridized carbons (Fsp3) is 0.333. The van der Waals surface area contributed by atoms with Crippen molar-refractivity contribution in [2.45, 2.75) is 18.9 Å². The van der Waals surface area contributed by atoms with E-state index in [0.29, 0.717) is 19.4 Å². The zero-order chi connectivity index (χ0) is 16.3. The quantitative estimate of drug-likeness (QED) is 0.845. The number of methoxy groups -OCH3 is 1. The summed E-state index contributed by atoms with van der Waals surface area (Å²) in [6.07, 6.45) is 1.17. The van der Waals surface area contributed by atoms with Crippen molar-refractivity contribution in [2.75, 3.05) is 23.7 Å². The summed E-state index contributed by atoms with van der Waals surface area (Å²) in [6, 6.07) is 17.3. The Balaban J connectivity index is 1.83. The Bertz CT molecular complexity index is 759. The van der Waals surface area contributed by atoms with Gasteiger partial charge in [0.25, 0.3) is 0 Å². The number of nitrogens with zero attached hydrogens (tertiary/aromatic N) is 1. The lowest BCUT2D eigenvalue weighted by Crippen LogP contribution is -2.38. The smallest absolute Gasteiger partial charge is 0.235 e. The fourth-order valence-electron chi connectivity index (χ4n) is 3.03. The maximum atomic E-state index is 12.8. The average Bonchev–Trinajstić information content (AvgIpc) is 2.60. The van der Waals surface area contributed by atoms with Crippen LogP contribution in [0.2, 0.25) is 0 Å². The molecule has 0 bridgehead atoms. The largest absolute Gasteiger partial charge is 0.377 e. The van der Waals surface area contributed by atoms with Gasteiger partial charge in [0, 0.05) is 19.2 Å². The molecule has 1 aliphatic heterocycles. The van der Waals surface area contributed by atoms with Gasteiger partial charge < -0.3 is 4.74 Å². The Kier molecular flexibility index (Phi) is 4.68. The molecule has 0 aliphatic carbocycles. The second-order valence-corrected chi connectivity index (χ2v) is 7.71. The Morgan fingerprint density at radius 3 is 2.52 bits per heavy atom. The van der Waals surface area contributed by atoms with Crippen molar-refractivity contribution >= 4 is 15.7 Å². The highest BCUT2D eigenvalue weighted by Crippen LogP contribution is 2.37. The van der Waals surface area contributed by atoms with Gasteiger partial charge in [-0.25, -0.2) is 8.42 Å². The Morgan fingerprint density at radius 2 is 1.78 bits per heavy atom. The third-order valence-corrected chi connectivity index (χ3v) is 6.03. The van der Waals surface area contributed by atoms with Crippen LogP contribution in [0.1, 0.15) is 23.7 Å². The first-order valence-corrected chi connectivity index (χ1v) is 9.39. The van der Waals surface area contributed by atoms with Crippen LogP contribution >= 0.6 is 0 Å². The minimum absolute atomic E-state index is 0.0354. The molecule has 2 aromatic carbocycles. The van der Waals surface area contributed by atoms with E-state index in [2.05, 4.69) is 0 Å². The summed E-state index contributed by atoms with van der Waals surface area (Å²) in [5.41, 5.74) is 2.74. The number of rotatable bonds is 5. The summed E-state index contributed by atoms with van der Waals surface area (Å²) in [4.78, 5) is 0. The molecule has 0 spiro atoms. The molecule has 3 rings (SSSR count). The minimum atomic E-state index is -3.35. The molecule has 0 aromatic heterocycles. The Labute approximate surface area is 137 Å². The van der Waals surface area contributed by atoms with Crippen LogP contribution in [0.5, 0.6) is 0 Å². The maximum absolute atomic E-state index is 12.8. The lowest BCUT2D eigenvalue weighted by Gasteiger charge is -2.34. The predicted octanol–water partition coefficient (Wildman–Crippen LogP) is 3.16. The molecule has 0 radical (unpaired) electrons. The summed E-state index contributed by atoms with van der Waals surface area (Å²) >= 11 is 0. The summed E-state index contributed by atoms with van der Waals surface area (Å²) in [5, 5.41) is 0. The maximum Gasteiger partial charge on any atom is 0.235 e. The van der Waals surface area contributed by atoms with Gasteiger partial charge in [0.15, 0.2) is 0 Å². The highest BCUT2D eigenvalue weighted by atomic mass is 32.2. The van der Waals surface area contributed by atoms with E-state index in [9.17, 15) is 8.42 Å². The summed E-state index contributed by atoms with van der Waals surface area (Å²) in [6.45, 7) is 0.465. The molecule has 1 atom stereocenters. The standard InChI is InChI=1S/C18H21NO3S/c1-22-18-11-13-19(17-10-6-5-9-16(17)18)23(20,21)14-12-15-7-3-2-4-8-15/h2-10,18H,11-14H2,1H3. The monoisotopic (exact) mass is 331 g/mol. The molecule has 0 saturated carbocycles. The van der Waals surface area contributed by atoms with Gasteiger partial charge in [0.2, 0.25) is 10.0 Å². The topological polar surface area (TPSA) is 46.6 Å². The van der Waals surface area contributed by atoms with Gasteiger partial charge in [-0.05, 0) is 24.5 Å². The molecule has 0 amide bonds. The number of aryl methyl sites for hydroxylation is 1. The van der Waals surface area contributed by atoms with E-state index in [1.54, 1.807) is 11.4 Å². The van der Waals surface area contributed by atoms with Crippen molar-refractivity contribution in [2.24, 2.45) is 0 Å². The summed E-state index contributed by atoms with van der Waals surface area (Å²) in [7, 11) is -1.68. The number of sulfonamides is 1. The molecule has 0 fully saturated rings. The van der Waals surface area contributed by atoms with Crippen molar-refractivity contribution in [3.05, 3.63) is 65.7 Å². The molecule has 2 aromatic rings. The zero-order valence-electron chi connectivity index (χ0n) is 13.2. The molecule has 1 unspecified atom stereocenters. The lowest BCUT2D eigenvalue weighted by molar-refractivity contribution is 0.0951. The van der Waals surface area contributed by atoms with Crippen molar-refractivity contribution in [1.29, 1.82) is 0 Å². The Morgan fingerprint density at radius 1 is 1.09 bits per heavy atom. The van der Waals surface area contributed by atoms with Gasteiger partial charge in [-0.2, -0.15) is 0 Å². The summed E-state index contributed by atoms with van der Waals surface area (Å²) in [5.74, 6) is 0.114. The van der Waals surface area contributed by atoms with E-state index < -0.39 is 10.0 Å². The van der Waals surface area contributed by atoms with E-state index in [0.717, 1.165) is 16.8 Å². The van der Waals surface area contributed by atoms with Crippen LogP contribution in [0.3, 0.4) is 0 Å². The molecule has 0 N–H and O–H groups in total. The number of hydrogen-bond donors (Lipinski definition) is 0. The number of hydrogen-bond acceptors (Lipinski definition) is 3. The molecule has 23 heavy (non-hydrogen) atoms. The highest BCUT2D eigenvalue weighted by molar-refractivity contribution is 7.92. The van der Waals surface area contributed by atoms with Crippen LogP contribution in [0.4, 0.5) is 5.69 Å². The van der Waals surface area contributed by atoms with Crippen LogP contribution in [-0.2, 0) is 21.2 Å². The van der Waals surface area contributed by atoms with Crippen LogP contribution in [0.25, 0.3) is 0 Å². The average molecular weight is 331 g/mol. The van der Waals surface area contributed by atoms with Crippen molar-refractivity contribution in [3.63, 3.8) is 0 Å². The van der Waals surface area contributed by atoms with E-state index in [1.165, 1.54) is 0 Å². The predicted molar refractivity (Wildman–Crippen MR) is 92.1 cm³/mol. The summed E-state index contributed by atoms with van der Waals surface area (Å²) < 4.78 is 32.6. The molecular formula is C18H21NO3S. The van der Waals surface area contributed by atoms with Crippen molar-refractivity contribution in [1.82, 2.24) is 0 Å². The first-order valence-electron chi connectivity index (χ1n) is 7.78. The first-order chi connectivity index (χ1) is 11.1. The molecular weight excluding hydrogens is 310 g/mol. The third kappa shape index (κ3) is 3.41. The second kappa shape index (κ2) is 6.72. The normalized spacial score (nSPS) is 17.8. The van der Waals surface area contributed by atoms with E-state index >= 15 is 0 Å². The molecule has 5 heteroatoms. The number of para-hydroxylation sites is 1. The second-order valence-electron chi connectivity index (χ2n) is 5.70. The zero-order valence-corrected chi connectivity index (χ0v) is 14.0. The van der Waals surface area contributed by atoms with Gasteiger partial charge in [0.05, 0.1) is 17.5 Å². The SMILES string of the molecule is COC1CCN(S(=O)(=O)CCc2ccccc2)c2ccccc21. The van der Waals surface area contributed by atoms with Crippen LogP contribution in [0, 0.1) is 0 Å². The number of anilines is 1. The van der Waals surface area contributed by atoms with E-state index in [1.807, 2.05) is 54.6 Å². The number of fused-ring (bicyclic) bond motifs is 1. The van der Waals surface area contributed by atoms with Gasteiger partial charge >= 0.3 is 0 Å². The van der Waals surface area contributed by atoms with E-state index in [4.69, 9.17) is 4.74 Å². The highest BCUT2D eigenvalue weighted by Gasteiger charge is 2.31. The lowest BCUT2D eigenvalue weighted by atomic mass is 10.0. The van der Waals surface area contributed by atoms with Gasteiger partial charge in [-0.3, -0.25) is 4.31 Å². The molecule has 0 saturated heterocycles. The van der Waals surface area contributed by atoms with Crippen LogP contribution < -0.4 is 4.31 Å². The third-order valence-electron chi connectivity index (χ3n) is 4.26.